The van der Waals surface area contributed by atoms with Crippen molar-refractivity contribution >= 4 is 16.1 Å². The number of halogens is 4. The Morgan fingerprint density at radius 1 is 1.02 bits per heavy atom. The van der Waals surface area contributed by atoms with Gasteiger partial charge in [0.2, 0.25) is 0 Å². The molecule has 13 heteroatoms. The van der Waals surface area contributed by atoms with Gasteiger partial charge in [-0.1, -0.05) is 20.8 Å². The Morgan fingerprint density at radius 2 is 1.68 bits per heavy atom. The molecule has 0 aliphatic heterocycles. The van der Waals surface area contributed by atoms with Gasteiger partial charge in [0, 0.05) is 6.42 Å². The molecule has 4 saturated carbocycles. The molecule has 0 heterocycles. The van der Waals surface area contributed by atoms with Gasteiger partial charge in [0.15, 0.2) is 0 Å². The van der Waals surface area contributed by atoms with E-state index in [1.54, 1.807) is 0 Å². The maximum atomic E-state index is 13.6. The Kier molecular flexibility index (Phi) is 8.95. The van der Waals surface area contributed by atoms with Crippen molar-refractivity contribution in [1.82, 2.24) is 0 Å². The lowest BCUT2D eigenvalue weighted by Gasteiger charge is -2.63. The number of alkyl halides is 4. The summed E-state index contributed by atoms with van der Waals surface area (Å²) in [5, 5.41) is 27.5. The Morgan fingerprint density at radius 3 is 2.32 bits per heavy atom. The van der Waals surface area contributed by atoms with Crippen molar-refractivity contribution in [2.45, 2.75) is 114 Å². The Labute approximate surface area is 239 Å². The quantitative estimate of drug-likeness (QED) is 0.170. The van der Waals surface area contributed by atoms with Gasteiger partial charge in [0.25, 0.3) is 0 Å². The third kappa shape index (κ3) is 5.55. The van der Waals surface area contributed by atoms with Crippen LogP contribution in [0.1, 0.15) is 85.0 Å². The number of carbonyl (C=O) groups excluding carboxylic acids is 1. The molecule has 0 aromatic carbocycles. The molecule has 0 bridgehead atoms. The minimum absolute atomic E-state index is 0.0277. The summed E-state index contributed by atoms with van der Waals surface area (Å²) in [4.78, 5) is 12.2. The number of esters is 1. The first-order valence-electron chi connectivity index (χ1n) is 14.7. The van der Waals surface area contributed by atoms with Gasteiger partial charge in [0.05, 0.1) is 31.3 Å². The smallest absolute Gasteiger partial charge is 0.431 e. The van der Waals surface area contributed by atoms with Gasteiger partial charge < -0.3 is 20.1 Å². The highest BCUT2D eigenvalue weighted by molar-refractivity contribution is 7.87. The van der Waals surface area contributed by atoms with Crippen molar-refractivity contribution in [2.24, 2.45) is 46.3 Å². The van der Waals surface area contributed by atoms with Gasteiger partial charge in [-0.2, -0.15) is 26.0 Å². The summed E-state index contributed by atoms with van der Waals surface area (Å²) in [5.74, 6) is -5.59. The molecule has 4 N–H and O–H groups in total. The van der Waals surface area contributed by atoms with Crippen LogP contribution in [0.15, 0.2) is 0 Å². The SMILES string of the molecule is C[C@H](CCC(=O)OCCC(F)(F)C(F)(F)S(=O)(=O)O)[C@H]1CC[C@H]2[C@@H]3C(O)CC4CC(O)CC[C@]4(C)[C@H]3CC(O)[C@]12C. The van der Waals surface area contributed by atoms with E-state index in [0.717, 1.165) is 25.7 Å². The average Bonchev–Trinajstić information content (AvgIpc) is 3.22. The monoisotopic (exact) mass is 616 g/mol. The van der Waals surface area contributed by atoms with E-state index in [4.69, 9.17) is 4.55 Å². The van der Waals surface area contributed by atoms with Crippen LogP contribution in [-0.2, 0) is 19.6 Å². The second-order valence-electron chi connectivity index (χ2n) is 13.7. The molecule has 4 rings (SSSR count). The molecule has 0 amide bonds. The number of aliphatic hydroxyl groups excluding tert-OH is 3. The molecule has 238 valence electrons. The molecule has 4 fully saturated rings. The molecule has 0 saturated heterocycles. The topological polar surface area (TPSA) is 141 Å². The Balaban J connectivity index is 1.36. The highest BCUT2D eigenvalue weighted by atomic mass is 32.2. The first kappa shape index (κ1) is 32.9. The third-order valence-electron chi connectivity index (χ3n) is 11.8. The molecule has 4 aliphatic carbocycles. The van der Waals surface area contributed by atoms with E-state index in [9.17, 15) is 46.1 Å². The van der Waals surface area contributed by atoms with Crippen molar-refractivity contribution in [3.05, 3.63) is 0 Å². The van der Waals surface area contributed by atoms with Crippen molar-refractivity contribution < 1.29 is 55.4 Å². The van der Waals surface area contributed by atoms with Crippen LogP contribution in [0.5, 0.6) is 0 Å². The zero-order valence-electron chi connectivity index (χ0n) is 23.8. The number of fused-ring (bicyclic) bond motifs is 5. The van der Waals surface area contributed by atoms with Crippen LogP contribution in [0.2, 0.25) is 0 Å². The van der Waals surface area contributed by atoms with Crippen molar-refractivity contribution in [3.63, 3.8) is 0 Å². The molecule has 4 unspecified atom stereocenters. The number of carbonyl (C=O) groups is 1. The normalized spacial score (nSPS) is 42.1. The molecule has 0 spiro atoms. The van der Waals surface area contributed by atoms with Crippen LogP contribution in [-0.4, -0.2) is 70.4 Å². The molecular formula is C28H44F4O8S. The van der Waals surface area contributed by atoms with E-state index in [2.05, 4.69) is 18.6 Å². The fourth-order valence-corrected chi connectivity index (χ4v) is 9.86. The van der Waals surface area contributed by atoms with Crippen LogP contribution in [0.4, 0.5) is 17.6 Å². The fraction of sp³-hybridized carbons (Fsp3) is 0.964. The van der Waals surface area contributed by atoms with E-state index in [1.807, 2.05) is 6.92 Å². The molecule has 41 heavy (non-hydrogen) atoms. The largest absolute Gasteiger partial charge is 0.465 e. The number of hydrogen-bond donors (Lipinski definition) is 4. The van der Waals surface area contributed by atoms with Gasteiger partial charge in [0.1, 0.15) is 0 Å². The highest BCUT2D eigenvalue weighted by Gasteiger charge is 2.66. The Hall–Kier alpha value is -1.02. The first-order chi connectivity index (χ1) is 18.8. The molecule has 4 aliphatic rings. The number of aliphatic hydroxyl groups is 3. The number of hydrogen-bond acceptors (Lipinski definition) is 7. The minimum atomic E-state index is -6.35. The first-order valence-corrected chi connectivity index (χ1v) is 16.1. The van der Waals surface area contributed by atoms with Crippen LogP contribution >= 0.6 is 0 Å². The zero-order valence-corrected chi connectivity index (χ0v) is 24.6. The Bertz CT molecular complexity index is 1090. The maximum absolute atomic E-state index is 13.6. The summed E-state index contributed by atoms with van der Waals surface area (Å²) < 4.78 is 88.3. The van der Waals surface area contributed by atoms with Crippen molar-refractivity contribution in [3.8, 4) is 0 Å². The second-order valence-corrected chi connectivity index (χ2v) is 15.2. The van der Waals surface area contributed by atoms with Gasteiger partial charge >= 0.3 is 27.3 Å². The van der Waals surface area contributed by atoms with E-state index >= 15 is 0 Å². The summed E-state index contributed by atoms with van der Waals surface area (Å²) in [6.45, 7) is 5.12. The van der Waals surface area contributed by atoms with Gasteiger partial charge in [-0.15, -0.1) is 0 Å². The number of ether oxygens (including phenoxy) is 1. The zero-order chi connectivity index (χ0) is 30.8. The van der Waals surface area contributed by atoms with E-state index in [0.29, 0.717) is 25.7 Å². The third-order valence-corrected chi connectivity index (χ3v) is 12.7. The van der Waals surface area contributed by atoms with E-state index in [-0.39, 0.29) is 53.4 Å². The van der Waals surface area contributed by atoms with Gasteiger partial charge in [-0.3, -0.25) is 9.35 Å². The molecule has 0 radical (unpaired) electrons. The predicted octanol–water partition coefficient (Wildman–Crippen LogP) is 4.41. The van der Waals surface area contributed by atoms with Crippen LogP contribution in [0.25, 0.3) is 0 Å². The molecule has 11 atom stereocenters. The summed E-state index contributed by atoms with van der Waals surface area (Å²) in [6.07, 6.45) is 1.95. The molecule has 0 aromatic rings. The van der Waals surface area contributed by atoms with E-state index < -0.39 is 57.9 Å². The van der Waals surface area contributed by atoms with Gasteiger partial charge in [-0.25, -0.2) is 0 Å². The summed E-state index contributed by atoms with van der Waals surface area (Å²) in [7, 11) is -6.35. The van der Waals surface area contributed by atoms with Crippen LogP contribution < -0.4 is 0 Å². The van der Waals surface area contributed by atoms with Crippen molar-refractivity contribution in [2.75, 3.05) is 6.61 Å². The molecule has 8 nitrogen and oxygen atoms in total. The van der Waals surface area contributed by atoms with E-state index in [1.165, 1.54) is 0 Å². The van der Waals surface area contributed by atoms with Crippen LogP contribution in [0.3, 0.4) is 0 Å². The standard InChI is InChI=1S/C28H44F4O8S/c1-15(4-7-23(36)40-11-10-27(29,30)28(31,32)41(37,38)39)18-5-6-19-24-20(14-22(35)26(18,19)3)25(2)9-8-17(33)12-16(25)13-21(24)34/h15-22,24,33-35H,4-14H2,1-3H3,(H,37,38,39)/t15-,16?,17?,18-,19+,20+,21?,22?,24+,25+,26-/m1/s1. The lowest BCUT2D eigenvalue weighted by molar-refractivity contribution is -0.207. The summed E-state index contributed by atoms with van der Waals surface area (Å²) >= 11 is 0. The maximum Gasteiger partial charge on any atom is 0.431 e. The summed E-state index contributed by atoms with van der Waals surface area (Å²) in [5.41, 5.74) is -0.548. The average molecular weight is 617 g/mol. The highest BCUT2D eigenvalue weighted by Crippen LogP contribution is 2.68. The van der Waals surface area contributed by atoms with Gasteiger partial charge in [-0.05, 0) is 97.7 Å². The lowest BCUT2D eigenvalue weighted by Crippen LogP contribution is -2.62. The lowest BCUT2D eigenvalue weighted by atomic mass is 9.43. The predicted molar refractivity (Wildman–Crippen MR) is 139 cm³/mol. The fourth-order valence-electron chi connectivity index (χ4n) is 9.38. The summed E-state index contributed by atoms with van der Waals surface area (Å²) in [6, 6.07) is 0. The second kappa shape index (κ2) is 11.2. The minimum Gasteiger partial charge on any atom is -0.465 e. The van der Waals surface area contributed by atoms with Crippen molar-refractivity contribution in [1.29, 1.82) is 0 Å². The molecule has 0 aromatic heterocycles. The van der Waals surface area contributed by atoms with Crippen LogP contribution in [0, 0.1) is 46.3 Å². The molecular weight excluding hydrogens is 572 g/mol. The number of rotatable bonds is 9.